The zero-order valence-electron chi connectivity index (χ0n) is 7.69. The Bertz CT molecular complexity index is 105. The molecule has 0 aliphatic carbocycles. The summed E-state index contributed by atoms with van der Waals surface area (Å²) in [6, 6.07) is 0. The summed E-state index contributed by atoms with van der Waals surface area (Å²) in [6.45, 7) is 5.44. The van der Waals surface area contributed by atoms with E-state index in [1.54, 1.807) is 0 Å². The van der Waals surface area contributed by atoms with Crippen molar-refractivity contribution in [1.82, 2.24) is 0 Å². The molecule has 0 radical (unpaired) electrons. The third-order valence-corrected chi connectivity index (χ3v) is 2.26. The lowest BCUT2D eigenvalue weighted by Crippen LogP contribution is -2.08. The molecule has 0 fully saturated rings. The van der Waals surface area contributed by atoms with E-state index in [2.05, 4.69) is 13.8 Å². The van der Waals surface area contributed by atoms with Crippen LogP contribution >= 0.6 is 8.60 Å². The maximum atomic E-state index is 9.09. The van der Waals surface area contributed by atoms with Gasteiger partial charge < -0.3 is 19.7 Å². The van der Waals surface area contributed by atoms with E-state index < -0.39 is 8.60 Å². The highest BCUT2D eigenvalue weighted by Gasteiger charge is 2.07. The second kappa shape index (κ2) is 7.90. The first kappa shape index (κ1) is 12.3. The van der Waals surface area contributed by atoms with Gasteiger partial charge >= 0.3 is 8.60 Å². The largest absolute Gasteiger partial charge is 0.329 e. The minimum absolute atomic E-state index is 0.350. The average molecular weight is 195 g/mol. The van der Waals surface area contributed by atoms with E-state index >= 15 is 0 Å². The second-order valence-corrected chi connectivity index (χ2v) is 3.66. The van der Waals surface area contributed by atoms with Gasteiger partial charge in [0, 0.05) is 6.54 Å². The van der Waals surface area contributed by atoms with Gasteiger partial charge in [0.15, 0.2) is 0 Å². The monoisotopic (exact) mass is 195 g/mol. The maximum absolute atomic E-state index is 9.09. The van der Waals surface area contributed by atoms with Crippen molar-refractivity contribution in [1.29, 1.82) is 0 Å². The van der Waals surface area contributed by atoms with E-state index in [4.69, 9.17) is 19.7 Å². The van der Waals surface area contributed by atoms with Gasteiger partial charge in [0.25, 0.3) is 0 Å². The van der Waals surface area contributed by atoms with Crippen LogP contribution in [-0.2, 0) is 9.05 Å². The molecule has 2 unspecified atom stereocenters. The van der Waals surface area contributed by atoms with Crippen molar-refractivity contribution >= 4 is 8.60 Å². The molecule has 0 bridgehead atoms. The SMILES string of the molecule is CCC(C)COP(O)OCCN. The van der Waals surface area contributed by atoms with Gasteiger partial charge in [-0.15, -0.1) is 0 Å². The van der Waals surface area contributed by atoms with E-state index in [-0.39, 0.29) is 0 Å². The van der Waals surface area contributed by atoms with Crippen molar-refractivity contribution in [3.8, 4) is 0 Å². The number of hydrogen-bond donors (Lipinski definition) is 2. The van der Waals surface area contributed by atoms with Gasteiger partial charge in [-0.25, -0.2) is 0 Å². The topological polar surface area (TPSA) is 64.7 Å². The van der Waals surface area contributed by atoms with Crippen LogP contribution in [-0.4, -0.2) is 24.7 Å². The molecule has 3 N–H and O–H groups in total. The highest BCUT2D eigenvalue weighted by Crippen LogP contribution is 2.32. The number of rotatable bonds is 7. The molecule has 0 aliphatic heterocycles. The van der Waals surface area contributed by atoms with Crippen LogP contribution in [0, 0.1) is 5.92 Å². The lowest BCUT2D eigenvalue weighted by Gasteiger charge is -2.12. The van der Waals surface area contributed by atoms with Crippen LogP contribution in [0.2, 0.25) is 0 Å². The molecule has 0 aromatic carbocycles. The van der Waals surface area contributed by atoms with Crippen LogP contribution in [0.5, 0.6) is 0 Å². The van der Waals surface area contributed by atoms with Gasteiger partial charge in [-0.2, -0.15) is 0 Å². The molecule has 74 valence electrons. The summed E-state index contributed by atoms with van der Waals surface area (Å²) >= 11 is 0. The van der Waals surface area contributed by atoms with Crippen LogP contribution in [0.15, 0.2) is 0 Å². The summed E-state index contributed by atoms with van der Waals surface area (Å²) in [5.41, 5.74) is 5.18. The zero-order valence-corrected chi connectivity index (χ0v) is 8.59. The van der Waals surface area contributed by atoms with Gasteiger partial charge in [-0.1, -0.05) is 20.3 Å². The van der Waals surface area contributed by atoms with E-state index in [1.807, 2.05) is 0 Å². The second-order valence-electron chi connectivity index (χ2n) is 2.67. The summed E-state index contributed by atoms with van der Waals surface area (Å²) in [6.07, 6.45) is 1.04. The Labute approximate surface area is 75.0 Å². The van der Waals surface area contributed by atoms with Crippen molar-refractivity contribution in [3.05, 3.63) is 0 Å². The molecule has 0 saturated carbocycles. The van der Waals surface area contributed by atoms with Crippen molar-refractivity contribution < 1.29 is 13.9 Å². The smallest absolute Gasteiger partial charge is 0.328 e. The molecule has 0 aromatic heterocycles. The first-order valence-corrected chi connectivity index (χ1v) is 5.28. The minimum atomic E-state index is -1.70. The molecule has 4 nitrogen and oxygen atoms in total. The molecule has 0 aliphatic rings. The predicted octanol–water partition coefficient (Wildman–Crippen LogP) is 1.24. The van der Waals surface area contributed by atoms with E-state index in [9.17, 15) is 0 Å². The van der Waals surface area contributed by atoms with Crippen LogP contribution in [0.25, 0.3) is 0 Å². The van der Waals surface area contributed by atoms with E-state index in [1.165, 1.54) is 0 Å². The van der Waals surface area contributed by atoms with Gasteiger partial charge in [-0.05, 0) is 5.92 Å². The molecular weight excluding hydrogens is 177 g/mol. The third-order valence-electron chi connectivity index (χ3n) is 1.49. The van der Waals surface area contributed by atoms with Crippen molar-refractivity contribution in [2.24, 2.45) is 11.7 Å². The molecule has 0 heterocycles. The lowest BCUT2D eigenvalue weighted by molar-refractivity contribution is 0.181. The molecule has 0 spiro atoms. The molecule has 0 amide bonds. The Kier molecular flexibility index (Phi) is 8.07. The van der Waals surface area contributed by atoms with E-state index in [0.29, 0.717) is 25.7 Å². The predicted molar refractivity (Wildman–Crippen MR) is 49.6 cm³/mol. The highest BCUT2D eigenvalue weighted by molar-refractivity contribution is 7.40. The lowest BCUT2D eigenvalue weighted by atomic mass is 10.1. The maximum Gasteiger partial charge on any atom is 0.329 e. The molecule has 0 rings (SSSR count). The molecule has 5 heteroatoms. The Morgan fingerprint density at radius 1 is 1.50 bits per heavy atom. The van der Waals surface area contributed by atoms with Crippen LogP contribution in [0.3, 0.4) is 0 Å². The van der Waals surface area contributed by atoms with Crippen molar-refractivity contribution in [2.45, 2.75) is 20.3 Å². The van der Waals surface area contributed by atoms with Gasteiger partial charge in [0.1, 0.15) is 0 Å². The Morgan fingerprint density at radius 2 is 2.17 bits per heavy atom. The molecule has 0 aromatic rings. The van der Waals surface area contributed by atoms with Gasteiger partial charge in [0.05, 0.1) is 13.2 Å². The number of nitrogens with two attached hydrogens (primary N) is 1. The molecule has 12 heavy (non-hydrogen) atoms. The molecule has 2 atom stereocenters. The minimum Gasteiger partial charge on any atom is -0.328 e. The van der Waals surface area contributed by atoms with Crippen molar-refractivity contribution in [3.63, 3.8) is 0 Å². The highest BCUT2D eigenvalue weighted by atomic mass is 31.2. The fourth-order valence-corrected chi connectivity index (χ4v) is 1.20. The molecular formula is C7H18NO3P. The third kappa shape index (κ3) is 6.95. The standard InChI is InChI=1S/C7H18NO3P/c1-3-7(2)6-11-12(9)10-5-4-8/h7,9H,3-6,8H2,1-2H3. The first-order valence-electron chi connectivity index (χ1n) is 4.15. The fraction of sp³-hybridized carbons (Fsp3) is 1.00. The summed E-state index contributed by atoms with van der Waals surface area (Å²) in [4.78, 5) is 9.09. The van der Waals surface area contributed by atoms with Gasteiger partial charge in [0.2, 0.25) is 0 Å². The Morgan fingerprint density at radius 3 is 2.67 bits per heavy atom. The first-order chi connectivity index (χ1) is 5.70. The normalized spacial score (nSPS) is 16.0. The summed E-state index contributed by atoms with van der Waals surface area (Å²) < 4.78 is 9.90. The summed E-state index contributed by atoms with van der Waals surface area (Å²) in [5, 5.41) is 0. The molecule has 0 saturated heterocycles. The van der Waals surface area contributed by atoms with Crippen LogP contribution in [0.1, 0.15) is 20.3 Å². The average Bonchev–Trinajstić information content (AvgIpc) is 2.10. The zero-order chi connectivity index (χ0) is 9.40. The summed E-state index contributed by atoms with van der Waals surface area (Å²) in [7, 11) is -1.70. The van der Waals surface area contributed by atoms with Gasteiger partial charge in [-0.3, -0.25) is 0 Å². The Hall–Kier alpha value is 0.270. The Balaban J connectivity index is 3.24. The quantitative estimate of drug-likeness (QED) is 0.600. The van der Waals surface area contributed by atoms with Crippen molar-refractivity contribution in [2.75, 3.05) is 19.8 Å². The fourth-order valence-electron chi connectivity index (χ4n) is 0.477. The van der Waals surface area contributed by atoms with E-state index in [0.717, 1.165) is 6.42 Å². The van der Waals surface area contributed by atoms with Crippen LogP contribution < -0.4 is 5.73 Å². The summed E-state index contributed by atoms with van der Waals surface area (Å²) in [5.74, 6) is 0.462. The number of hydrogen-bond acceptors (Lipinski definition) is 4. The van der Waals surface area contributed by atoms with Crippen LogP contribution in [0.4, 0.5) is 0 Å².